The van der Waals surface area contributed by atoms with Gasteiger partial charge in [-0.25, -0.2) is 16.8 Å². The van der Waals surface area contributed by atoms with E-state index in [-0.39, 0.29) is 21.8 Å². The van der Waals surface area contributed by atoms with Gasteiger partial charge < -0.3 is 0 Å². The maximum absolute atomic E-state index is 12.7. The Morgan fingerprint density at radius 2 is 1.27 bits per heavy atom. The molecule has 0 aliphatic heterocycles. The first-order valence-electron chi connectivity index (χ1n) is 8.18. The van der Waals surface area contributed by atoms with Gasteiger partial charge in [-0.1, -0.05) is 45.0 Å². The third kappa shape index (κ3) is 4.72. The van der Waals surface area contributed by atoms with Crippen molar-refractivity contribution in [1.82, 2.24) is 4.31 Å². The zero-order valence-corrected chi connectivity index (χ0v) is 17.4. The van der Waals surface area contributed by atoms with Gasteiger partial charge in [0.25, 0.3) is 0 Å². The molecular weight excluding hydrogens is 370 g/mol. The van der Waals surface area contributed by atoms with Crippen LogP contribution in [-0.2, 0) is 31.8 Å². The number of sulfonamides is 1. The molecule has 2 aromatic rings. The van der Waals surface area contributed by atoms with Crippen LogP contribution in [0, 0.1) is 0 Å². The minimum atomic E-state index is -3.70. The number of sulfone groups is 1. The van der Waals surface area contributed by atoms with E-state index in [0.29, 0.717) is 0 Å². The highest BCUT2D eigenvalue weighted by molar-refractivity contribution is 7.90. The molecule has 0 radical (unpaired) electrons. The minimum absolute atomic E-state index is 0.0396. The van der Waals surface area contributed by atoms with Crippen molar-refractivity contribution >= 4 is 19.9 Å². The van der Waals surface area contributed by atoms with E-state index in [1.165, 1.54) is 41.2 Å². The van der Waals surface area contributed by atoms with E-state index in [9.17, 15) is 16.8 Å². The Morgan fingerprint density at radius 1 is 0.808 bits per heavy atom. The van der Waals surface area contributed by atoms with Gasteiger partial charge in [-0.2, -0.15) is 4.31 Å². The highest BCUT2D eigenvalue weighted by Crippen LogP contribution is 2.23. The summed E-state index contributed by atoms with van der Waals surface area (Å²) in [6.07, 6.45) is 1.09. The topological polar surface area (TPSA) is 71.5 Å². The minimum Gasteiger partial charge on any atom is -0.224 e. The second kappa shape index (κ2) is 7.13. The van der Waals surface area contributed by atoms with E-state index in [0.717, 1.165) is 11.8 Å². The largest absolute Gasteiger partial charge is 0.243 e. The number of nitrogens with zero attached hydrogens (tertiary/aromatic N) is 1. The van der Waals surface area contributed by atoms with Crippen molar-refractivity contribution in [2.45, 2.75) is 42.5 Å². The molecule has 0 spiro atoms. The normalized spacial score (nSPS) is 13.2. The first kappa shape index (κ1) is 20.6. The molecule has 0 amide bonds. The Hall–Kier alpha value is -1.70. The number of hydrogen-bond acceptors (Lipinski definition) is 4. The third-order valence-electron chi connectivity index (χ3n) is 4.19. The molecule has 0 atom stereocenters. The van der Waals surface area contributed by atoms with Crippen LogP contribution in [0.1, 0.15) is 31.9 Å². The lowest BCUT2D eigenvalue weighted by Gasteiger charge is -2.21. The summed E-state index contributed by atoms with van der Waals surface area (Å²) in [5, 5.41) is 0. The molecule has 2 rings (SSSR count). The van der Waals surface area contributed by atoms with Crippen molar-refractivity contribution in [3.63, 3.8) is 0 Å². The second-order valence-electron chi connectivity index (χ2n) is 7.45. The quantitative estimate of drug-likeness (QED) is 0.779. The molecule has 0 aromatic heterocycles. The van der Waals surface area contributed by atoms with Crippen LogP contribution in [0.15, 0.2) is 58.3 Å². The van der Waals surface area contributed by atoms with Crippen LogP contribution in [0.4, 0.5) is 0 Å². The van der Waals surface area contributed by atoms with Gasteiger partial charge in [0.2, 0.25) is 10.0 Å². The lowest BCUT2D eigenvalue weighted by Crippen LogP contribution is -2.26. The fraction of sp³-hybridized carbons (Fsp3) is 0.368. The van der Waals surface area contributed by atoms with Gasteiger partial charge in [0.1, 0.15) is 0 Å². The average Bonchev–Trinajstić information content (AvgIpc) is 2.53. The first-order valence-corrected chi connectivity index (χ1v) is 11.5. The van der Waals surface area contributed by atoms with E-state index in [1.54, 1.807) is 0 Å². The first-order chi connectivity index (χ1) is 11.8. The van der Waals surface area contributed by atoms with Gasteiger partial charge in [0, 0.05) is 19.8 Å². The van der Waals surface area contributed by atoms with Crippen molar-refractivity contribution in [3.8, 4) is 0 Å². The van der Waals surface area contributed by atoms with E-state index >= 15 is 0 Å². The lowest BCUT2D eigenvalue weighted by molar-refractivity contribution is 0.466. The summed E-state index contributed by atoms with van der Waals surface area (Å²) in [6, 6.07) is 13.2. The summed E-state index contributed by atoms with van der Waals surface area (Å²) in [7, 11) is -5.55. The standard InChI is InChI=1S/C19H25NO4S2/c1-19(2,3)16-8-6-15(7-9-16)14-20(4)26(23,24)18-12-10-17(11-13-18)25(5,21)22/h6-13H,14H2,1-5H3. The predicted octanol–water partition coefficient (Wildman–Crippen LogP) is 3.21. The second-order valence-corrected chi connectivity index (χ2v) is 11.5. The summed E-state index contributed by atoms with van der Waals surface area (Å²) in [5.74, 6) is 0. The molecule has 0 fully saturated rings. The highest BCUT2D eigenvalue weighted by Gasteiger charge is 2.22. The van der Waals surface area contributed by atoms with Crippen LogP contribution >= 0.6 is 0 Å². The van der Waals surface area contributed by atoms with E-state index in [2.05, 4.69) is 20.8 Å². The third-order valence-corrected chi connectivity index (χ3v) is 7.13. The van der Waals surface area contributed by atoms with E-state index in [1.807, 2.05) is 24.3 Å². The van der Waals surface area contributed by atoms with E-state index in [4.69, 9.17) is 0 Å². The molecule has 0 bridgehead atoms. The van der Waals surface area contributed by atoms with Crippen molar-refractivity contribution < 1.29 is 16.8 Å². The Bertz CT molecular complexity index is 969. The zero-order valence-electron chi connectivity index (χ0n) is 15.7. The highest BCUT2D eigenvalue weighted by atomic mass is 32.2. The maximum atomic E-state index is 12.7. The van der Waals surface area contributed by atoms with Crippen molar-refractivity contribution in [2.24, 2.45) is 0 Å². The van der Waals surface area contributed by atoms with Crippen LogP contribution < -0.4 is 0 Å². The molecule has 0 heterocycles. The summed E-state index contributed by atoms with van der Waals surface area (Å²) in [6.45, 7) is 6.61. The molecule has 26 heavy (non-hydrogen) atoms. The van der Waals surface area contributed by atoms with Gasteiger partial charge in [-0.15, -0.1) is 0 Å². The van der Waals surface area contributed by atoms with Crippen LogP contribution in [-0.4, -0.2) is 34.4 Å². The molecule has 0 aliphatic rings. The summed E-state index contributed by atoms with van der Waals surface area (Å²) < 4.78 is 49.7. The lowest BCUT2D eigenvalue weighted by atomic mass is 9.87. The van der Waals surface area contributed by atoms with Gasteiger partial charge in [0.15, 0.2) is 9.84 Å². The molecule has 142 valence electrons. The number of hydrogen-bond donors (Lipinski definition) is 0. The van der Waals surface area contributed by atoms with Gasteiger partial charge in [0.05, 0.1) is 9.79 Å². The molecular formula is C19H25NO4S2. The monoisotopic (exact) mass is 395 g/mol. The summed E-state index contributed by atoms with van der Waals surface area (Å²) >= 11 is 0. The maximum Gasteiger partial charge on any atom is 0.243 e. The Kier molecular flexibility index (Phi) is 5.66. The molecule has 0 N–H and O–H groups in total. The van der Waals surface area contributed by atoms with Crippen LogP contribution in [0.3, 0.4) is 0 Å². The van der Waals surface area contributed by atoms with Crippen molar-refractivity contribution in [3.05, 3.63) is 59.7 Å². The smallest absolute Gasteiger partial charge is 0.224 e. The van der Waals surface area contributed by atoms with Crippen molar-refractivity contribution in [1.29, 1.82) is 0 Å². The zero-order chi connectivity index (χ0) is 19.8. The average molecular weight is 396 g/mol. The molecule has 0 unspecified atom stereocenters. The van der Waals surface area contributed by atoms with Gasteiger partial charge >= 0.3 is 0 Å². The van der Waals surface area contributed by atoms with Crippen molar-refractivity contribution in [2.75, 3.05) is 13.3 Å². The van der Waals surface area contributed by atoms with Gasteiger partial charge in [-0.3, -0.25) is 0 Å². The number of benzene rings is 2. The number of rotatable bonds is 5. The Labute approximate surface area is 156 Å². The van der Waals surface area contributed by atoms with Crippen LogP contribution in [0.2, 0.25) is 0 Å². The SMILES string of the molecule is CN(Cc1ccc(C(C)(C)C)cc1)S(=O)(=O)c1ccc(S(C)(=O)=O)cc1. The predicted molar refractivity (Wildman–Crippen MR) is 103 cm³/mol. The van der Waals surface area contributed by atoms with E-state index < -0.39 is 19.9 Å². The Morgan fingerprint density at radius 3 is 1.69 bits per heavy atom. The summed E-state index contributed by atoms with van der Waals surface area (Å²) in [5.41, 5.74) is 2.11. The molecule has 0 saturated heterocycles. The molecule has 2 aromatic carbocycles. The fourth-order valence-corrected chi connectivity index (χ4v) is 4.28. The molecule has 0 saturated carbocycles. The molecule has 5 nitrogen and oxygen atoms in total. The Balaban J connectivity index is 2.21. The van der Waals surface area contributed by atoms with Gasteiger partial charge in [-0.05, 0) is 40.8 Å². The fourth-order valence-electron chi connectivity index (χ4n) is 2.49. The van der Waals surface area contributed by atoms with Crippen LogP contribution in [0.25, 0.3) is 0 Å². The summed E-state index contributed by atoms with van der Waals surface area (Å²) in [4.78, 5) is 0.163. The molecule has 0 aliphatic carbocycles. The van der Waals surface area contributed by atoms with Crippen LogP contribution in [0.5, 0.6) is 0 Å². The molecule has 7 heteroatoms.